The molecule has 0 spiro atoms. The van der Waals surface area contributed by atoms with E-state index in [4.69, 9.17) is 14.7 Å². The largest absolute Gasteiger partial charge is 0.490 e. The first kappa shape index (κ1) is 15.7. The predicted octanol–water partition coefficient (Wildman–Crippen LogP) is 3.97. The van der Waals surface area contributed by atoms with Crippen LogP contribution in [0.5, 0.6) is 11.5 Å². The van der Waals surface area contributed by atoms with Crippen molar-refractivity contribution >= 4 is 5.69 Å². The molecular formula is C18H20N2O2. The SMILES string of the molecule is CCOc1ccc(NCc2ccc(C#N)cc2)cc1OCC. The summed E-state index contributed by atoms with van der Waals surface area (Å²) in [4.78, 5) is 0. The van der Waals surface area contributed by atoms with Gasteiger partial charge in [0.15, 0.2) is 11.5 Å². The number of anilines is 1. The zero-order valence-corrected chi connectivity index (χ0v) is 12.9. The maximum Gasteiger partial charge on any atom is 0.163 e. The summed E-state index contributed by atoms with van der Waals surface area (Å²) in [6.07, 6.45) is 0. The van der Waals surface area contributed by atoms with Crippen molar-refractivity contribution in [2.45, 2.75) is 20.4 Å². The molecule has 0 bridgehead atoms. The number of ether oxygens (including phenoxy) is 2. The Morgan fingerprint density at radius 1 is 0.955 bits per heavy atom. The Balaban J connectivity index is 2.05. The van der Waals surface area contributed by atoms with Gasteiger partial charge in [-0.3, -0.25) is 0 Å². The van der Waals surface area contributed by atoms with Gasteiger partial charge in [0.05, 0.1) is 24.8 Å². The highest BCUT2D eigenvalue weighted by molar-refractivity contribution is 5.55. The summed E-state index contributed by atoms with van der Waals surface area (Å²) >= 11 is 0. The van der Waals surface area contributed by atoms with Crippen molar-refractivity contribution in [3.05, 3.63) is 53.6 Å². The first-order valence-corrected chi connectivity index (χ1v) is 7.39. The Bertz CT molecular complexity index is 645. The number of nitriles is 1. The van der Waals surface area contributed by atoms with Gasteiger partial charge in [-0.15, -0.1) is 0 Å². The fourth-order valence-corrected chi connectivity index (χ4v) is 2.06. The van der Waals surface area contributed by atoms with E-state index < -0.39 is 0 Å². The molecule has 0 aliphatic carbocycles. The molecule has 114 valence electrons. The number of hydrogen-bond donors (Lipinski definition) is 1. The molecule has 0 saturated heterocycles. The van der Waals surface area contributed by atoms with Crippen molar-refractivity contribution in [1.82, 2.24) is 0 Å². The Labute approximate surface area is 131 Å². The quantitative estimate of drug-likeness (QED) is 0.840. The second-order valence-corrected chi connectivity index (χ2v) is 4.69. The molecule has 22 heavy (non-hydrogen) atoms. The molecule has 0 saturated carbocycles. The molecular weight excluding hydrogens is 276 g/mol. The van der Waals surface area contributed by atoms with Crippen LogP contribution in [-0.2, 0) is 6.54 Å². The van der Waals surface area contributed by atoms with Gasteiger partial charge in [0.25, 0.3) is 0 Å². The lowest BCUT2D eigenvalue weighted by Crippen LogP contribution is -2.02. The van der Waals surface area contributed by atoms with E-state index in [-0.39, 0.29) is 0 Å². The molecule has 0 aliphatic heterocycles. The average molecular weight is 296 g/mol. The second-order valence-electron chi connectivity index (χ2n) is 4.69. The van der Waals surface area contributed by atoms with E-state index in [1.807, 2.05) is 56.3 Å². The van der Waals surface area contributed by atoms with E-state index in [0.29, 0.717) is 25.3 Å². The van der Waals surface area contributed by atoms with Crippen LogP contribution < -0.4 is 14.8 Å². The minimum atomic E-state index is 0.596. The minimum Gasteiger partial charge on any atom is -0.490 e. The molecule has 0 radical (unpaired) electrons. The van der Waals surface area contributed by atoms with Crippen LogP contribution in [-0.4, -0.2) is 13.2 Å². The van der Waals surface area contributed by atoms with Crippen LogP contribution in [0.15, 0.2) is 42.5 Å². The summed E-state index contributed by atoms with van der Waals surface area (Å²) in [7, 11) is 0. The van der Waals surface area contributed by atoms with Crippen LogP contribution in [0.2, 0.25) is 0 Å². The lowest BCUT2D eigenvalue weighted by molar-refractivity contribution is 0.288. The summed E-state index contributed by atoms with van der Waals surface area (Å²) in [5.41, 5.74) is 2.76. The molecule has 2 aromatic rings. The molecule has 0 aromatic heterocycles. The molecule has 4 nitrogen and oxygen atoms in total. The third-order valence-corrected chi connectivity index (χ3v) is 3.12. The van der Waals surface area contributed by atoms with Crippen molar-refractivity contribution in [3.63, 3.8) is 0 Å². The van der Waals surface area contributed by atoms with Gasteiger partial charge in [-0.2, -0.15) is 5.26 Å². The molecule has 0 fully saturated rings. The van der Waals surface area contributed by atoms with E-state index in [0.717, 1.165) is 22.7 Å². The number of nitrogens with one attached hydrogen (secondary N) is 1. The lowest BCUT2D eigenvalue weighted by Gasteiger charge is -2.13. The van der Waals surface area contributed by atoms with Crippen LogP contribution in [0, 0.1) is 11.3 Å². The molecule has 1 N–H and O–H groups in total. The monoisotopic (exact) mass is 296 g/mol. The zero-order chi connectivity index (χ0) is 15.8. The summed E-state index contributed by atoms with van der Waals surface area (Å²) in [5, 5.41) is 12.1. The predicted molar refractivity (Wildman–Crippen MR) is 87.3 cm³/mol. The highest BCUT2D eigenvalue weighted by atomic mass is 16.5. The third kappa shape index (κ3) is 4.16. The van der Waals surface area contributed by atoms with Crippen LogP contribution in [0.1, 0.15) is 25.0 Å². The first-order valence-electron chi connectivity index (χ1n) is 7.39. The van der Waals surface area contributed by atoms with Gasteiger partial charge < -0.3 is 14.8 Å². The van der Waals surface area contributed by atoms with E-state index in [1.54, 1.807) is 0 Å². The number of hydrogen-bond acceptors (Lipinski definition) is 4. The van der Waals surface area contributed by atoms with E-state index in [1.165, 1.54) is 0 Å². The van der Waals surface area contributed by atoms with E-state index in [9.17, 15) is 0 Å². The fraction of sp³-hybridized carbons (Fsp3) is 0.278. The van der Waals surface area contributed by atoms with Gasteiger partial charge in [0, 0.05) is 18.3 Å². The van der Waals surface area contributed by atoms with Crippen LogP contribution in [0.4, 0.5) is 5.69 Å². The molecule has 0 amide bonds. The van der Waals surface area contributed by atoms with Gasteiger partial charge >= 0.3 is 0 Å². The molecule has 2 aromatic carbocycles. The zero-order valence-electron chi connectivity index (χ0n) is 12.9. The van der Waals surface area contributed by atoms with Gasteiger partial charge in [-0.05, 0) is 43.7 Å². The highest BCUT2D eigenvalue weighted by Crippen LogP contribution is 2.30. The smallest absolute Gasteiger partial charge is 0.163 e. The summed E-state index contributed by atoms with van der Waals surface area (Å²) < 4.78 is 11.2. The van der Waals surface area contributed by atoms with E-state index in [2.05, 4.69) is 11.4 Å². The Kier molecular flexibility index (Phi) is 5.67. The van der Waals surface area contributed by atoms with Crippen molar-refractivity contribution in [3.8, 4) is 17.6 Å². The second kappa shape index (κ2) is 7.94. The maximum atomic E-state index is 8.80. The summed E-state index contributed by atoms with van der Waals surface area (Å²) in [6.45, 7) is 5.79. The normalized spacial score (nSPS) is 9.86. The van der Waals surface area contributed by atoms with Gasteiger partial charge in [-0.25, -0.2) is 0 Å². The molecule has 4 heteroatoms. The Hall–Kier alpha value is -2.67. The molecule has 0 unspecified atom stereocenters. The van der Waals surface area contributed by atoms with Crippen LogP contribution in [0.25, 0.3) is 0 Å². The van der Waals surface area contributed by atoms with Gasteiger partial charge in [-0.1, -0.05) is 12.1 Å². The average Bonchev–Trinajstić information content (AvgIpc) is 2.56. The fourth-order valence-electron chi connectivity index (χ4n) is 2.06. The molecule has 0 heterocycles. The standard InChI is InChI=1S/C18H20N2O2/c1-3-21-17-10-9-16(11-18(17)22-4-2)20-13-15-7-5-14(12-19)6-8-15/h5-11,20H,3-4,13H2,1-2H3. The molecule has 0 aliphatic rings. The highest BCUT2D eigenvalue weighted by Gasteiger charge is 2.06. The Morgan fingerprint density at radius 2 is 1.64 bits per heavy atom. The lowest BCUT2D eigenvalue weighted by atomic mass is 10.1. The van der Waals surface area contributed by atoms with Crippen LogP contribution >= 0.6 is 0 Å². The number of rotatable bonds is 7. The first-order chi connectivity index (χ1) is 10.8. The number of nitrogens with zero attached hydrogens (tertiary/aromatic N) is 1. The van der Waals surface area contributed by atoms with Crippen molar-refractivity contribution in [2.24, 2.45) is 0 Å². The van der Waals surface area contributed by atoms with Crippen molar-refractivity contribution in [1.29, 1.82) is 5.26 Å². The van der Waals surface area contributed by atoms with Crippen molar-refractivity contribution < 1.29 is 9.47 Å². The van der Waals surface area contributed by atoms with Crippen LogP contribution in [0.3, 0.4) is 0 Å². The van der Waals surface area contributed by atoms with Gasteiger partial charge in [0.1, 0.15) is 0 Å². The van der Waals surface area contributed by atoms with Gasteiger partial charge in [0.2, 0.25) is 0 Å². The Morgan fingerprint density at radius 3 is 2.27 bits per heavy atom. The minimum absolute atomic E-state index is 0.596. The topological polar surface area (TPSA) is 54.3 Å². The number of benzene rings is 2. The summed E-state index contributed by atoms with van der Waals surface area (Å²) in [5.74, 6) is 1.50. The van der Waals surface area contributed by atoms with E-state index >= 15 is 0 Å². The maximum absolute atomic E-state index is 8.80. The van der Waals surface area contributed by atoms with Crippen molar-refractivity contribution in [2.75, 3.05) is 18.5 Å². The third-order valence-electron chi connectivity index (χ3n) is 3.12. The molecule has 0 atom stereocenters. The summed E-state index contributed by atoms with van der Waals surface area (Å²) in [6, 6.07) is 15.5. The molecule has 2 rings (SSSR count).